The quantitative estimate of drug-likeness (QED) is 0.357. The number of terminal acetylenes is 1. The fourth-order valence-corrected chi connectivity index (χ4v) is 1.42. The second-order valence-electron chi connectivity index (χ2n) is 4.15. The summed E-state index contributed by atoms with van der Waals surface area (Å²) in [5.41, 5.74) is 0.510. The van der Waals surface area contributed by atoms with Crippen molar-refractivity contribution in [2.75, 3.05) is 6.61 Å². The lowest BCUT2D eigenvalue weighted by atomic mass is 10.1. The van der Waals surface area contributed by atoms with Crippen LogP contribution in [0.1, 0.15) is 19.4 Å². The van der Waals surface area contributed by atoms with Crippen LogP contribution in [-0.2, 0) is 9.53 Å². The van der Waals surface area contributed by atoms with Crippen LogP contribution in [0.4, 0.5) is 0 Å². The van der Waals surface area contributed by atoms with Crippen molar-refractivity contribution >= 4 is 12.0 Å². The van der Waals surface area contributed by atoms with Crippen molar-refractivity contribution in [2.45, 2.75) is 20.0 Å². The first-order chi connectivity index (χ1) is 9.58. The fourth-order valence-electron chi connectivity index (χ4n) is 1.42. The number of carbonyl (C=O) groups is 1. The van der Waals surface area contributed by atoms with E-state index in [1.807, 2.05) is 6.07 Å². The Morgan fingerprint density at radius 3 is 2.75 bits per heavy atom. The lowest BCUT2D eigenvalue weighted by Gasteiger charge is -2.08. The summed E-state index contributed by atoms with van der Waals surface area (Å²) in [5.74, 6) is 2.21. The van der Waals surface area contributed by atoms with Crippen LogP contribution in [0.15, 0.2) is 29.8 Å². The molecule has 0 atom stereocenters. The molecule has 0 saturated carbocycles. The SMILES string of the molecule is C#CCOc1ccccc1/C=C(\C#N)C(=O)OC(C)C. The van der Waals surface area contributed by atoms with E-state index in [0.29, 0.717) is 11.3 Å². The van der Waals surface area contributed by atoms with E-state index in [2.05, 4.69) is 5.92 Å². The first-order valence-corrected chi connectivity index (χ1v) is 6.06. The van der Waals surface area contributed by atoms with Crippen LogP contribution < -0.4 is 4.74 Å². The first kappa shape index (κ1) is 15.3. The lowest BCUT2D eigenvalue weighted by molar-refractivity contribution is -0.142. The second-order valence-corrected chi connectivity index (χ2v) is 4.15. The van der Waals surface area contributed by atoms with Gasteiger partial charge in [-0.05, 0) is 26.0 Å². The molecule has 0 amide bonds. The Hall–Kier alpha value is -2.72. The van der Waals surface area contributed by atoms with Crippen LogP contribution >= 0.6 is 0 Å². The molecule has 4 nitrogen and oxygen atoms in total. The van der Waals surface area contributed by atoms with Crippen LogP contribution in [-0.4, -0.2) is 18.7 Å². The summed E-state index contributed by atoms with van der Waals surface area (Å²) in [6.45, 7) is 3.55. The van der Waals surface area contributed by atoms with Gasteiger partial charge in [0.25, 0.3) is 0 Å². The lowest BCUT2D eigenvalue weighted by Crippen LogP contribution is -2.12. The van der Waals surface area contributed by atoms with Gasteiger partial charge in [0.15, 0.2) is 0 Å². The Labute approximate surface area is 118 Å². The zero-order valence-corrected chi connectivity index (χ0v) is 11.4. The molecule has 4 heteroatoms. The van der Waals surface area contributed by atoms with E-state index in [4.69, 9.17) is 21.2 Å². The van der Waals surface area contributed by atoms with Gasteiger partial charge in [0.2, 0.25) is 0 Å². The normalized spacial score (nSPS) is 10.6. The van der Waals surface area contributed by atoms with Crippen molar-refractivity contribution in [3.63, 3.8) is 0 Å². The van der Waals surface area contributed by atoms with Crippen molar-refractivity contribution in [1.29, 1.82) is 5.26 Å². The number of ether oxygens (including phenoxy) is 2. The predicted octanol–water partition coefficient (Wildman–Crippen LogP) is 2.56. The van der Waals surface area contributed by atoms with E-state index < -0.39 is 5.97 Å². The average molecular weight is 269 g/mol. The molecule has 0 aliphatic carbocycles. The molecule has 1 aromatic rings. The molecule has 20 heavy (non-hydrogen) atoms. The minimum absolute atomic E-state index is 0.0875. The van der Waals surface area contributed by atoms with E-state index in [1.54, 1.807) is 38.1 Å². The smallest absolute Gasteiger partial charge is 0.349 e. The van der Waals surface area contributed by atoms with Crippen LogP contribution in [0.3, 0.4) is 0 Å². The first-order valence-electron chi connectivity index (χ1n) is 6.06. The Bertz CT molecular complexity index is 588. The van der Waals surface area contributed by atoms with E-state index in [-0.39, 0.29) is 18.3 Å². The van der Waals surface area contributed by atoms with Crippen LogP contribution in [0, 0.1) is 23.7 Å². The summed E-state index contributed by atoms with van der Waals surface area (Å²) >= 11 is 0. The van der Waals surface area contributed by atoms with Gasteiger partial charge >= 0.3 is 5.97 Å². The van der Waals surface area contributed by atoms with Gasteiger partial charge in [-0.1, -0.05) is 24.1 Å². The Morgan fingerprint density at radius 1 is 1.45 bits per heavy atom. The predicted molar refractivity (Wildman–Crippen MR) is 75.6 cm³/mol. The standard InChI is InChI=1S/C16H15NO3/c1-4-9-19-15-8-6-5-7-13(15)10-14(11-17)16(18)20-12(2)3/h1,5-8,10,12H,9H2,2-3H3/b14-10+. The highest BCUT2D eigenvalue weighted by Crippen LogP contribution is 2.21. The molecule has 0 aliphatic heterocycles. The van der Waals surface area contributed by atoms with Gasteiger partial charge in [-0.25, -0.2) is 4.79 Å². The molecule has 0 bridgehead atoms. The van der Waals surface area contributed by atoms with Crippen molar-refractivity contribution in [1.82, 2.24) is 0 Å². The van der Waals surface area contributed by atoms with Crippen LogP contribution in [0.2, 0.25) is 0 Å². The maximum Gasteiger partial charge on any atom is 0.349 e. The van der Waals surface area contributed by atoms with Gasteiger partial charge < -0.3 is 9.47 Å². The maximum atomic E-state index is 11.7. The van der Waals surface area contributed by atoms with Gasteiger partial charge in [-0.2, -0.15) is 5.26 Å². The van der Waals surface area contributed by atoms with Crippen LogP contribution in [0.5, 0.6) is 5.75 Å². The van der Waals surface area contributed by atoms with Crippen molar-refractivity contribution in [2.24, 2.45) is 0 Å². The minimum Gasteiger partial charge on any atom is -0.480 e. The monoisotopic (exact) mass is 269 g/mol. The summed E-state index contributed by atoms with van der Waals surface area (Å²) in [4.78, 5) is 11.7. The number of carbonyl (C=O) groups excluding carboxylic acids is 1. The second kappa shape index (κ2) is 7.66. The third kappa shape index (κ3) is 4.51. The minimum atomic E-state index is -0.658. The number of benzene rings is 1. The Balaban J connectivity index is 3.05. The molecule has 0 aromatic heterocycles. The summed E-state index contributed by atoms with van der Waals surface area (Å²) < 4.78 is 10.3. The molecule has 0 unspecified atom stereocenters. The van der Waals surface area contributed by atoms with Gasteiger partial charge in [0.05, 0.1) is 6.10 Å². The molecule has 102 valence electrons. The highest BCUT2D eigenvalue weighted by molar-refractivity contribution is 5.98. The molecule has 0 aliphatic rings. The summed E-state index contributed by atoms with van der Waals surface area (Å²) in [6.07, 6.45) is 6.28. The highest BCUT2D eigenvalue weighted by atomic mass is 16.5. The molecule has 0 spiro atoms. The maximum absolute atomic E-state index is 11.7. The number of hydrogen-bond donors (Lipinski definition) is 0. The summed E-state index contributed by atoms with van der Waals surface area (Å²) in [7, 11) is 0. The molecule has 0 heterocycles. The van der Waals surface area contributed by atoms with Gasteiger partial charge in [0, 0.05) is 5.56 Å². The average Bonchev–Trinajstić information content (AvgIpc) is 2.42. The third-order valence-corrected chi connectivity index (χ3v) is 2.21. The van der Waals surface area contributed by atoms with Gasteiger partial charge in [-0.3, -0.25) is 0 Å². The van der Waals surface area contributed by atoms with E-state index >= 15 is 0 Å². The number of esters is 1. The molecular formula is C16H15NO3. The Kier molecular flexibility index (Phi) is 5.87. The molecular weight excluding hydrogens is 254 g/mol. The Morgan fingerprint density at radius 2 is 2.15 bits per heavy atom. The molecule has 0 saturated heterocycles. The molecule has 1 rings (SSSR count). The van der Waals surface area contributed by atoms with E-state index in [9.17, 15) is 4.79 Å². The topological polar surface area (TPSA) is 59.3 Å². The summed E-state index contributed by atoms with van der Waals surface area (Å²) in [5, 5.41) is 9.05. The van der Waals surface area contributed by atoms with Gasteiger partial charge in [0.1, 0.15) is 24.0 Å². The van der Waals surface area contributed by atoms with Crippen molar-refractivity contribution in [3.8, 4) is 24.2 Å². The number of para-hydroxylation sites is 1. The van der Waals surface area contributed by atoms with Crippen molar-refractivity contribution in [3.05, 3.63) is 35.4 Å². The third-order valence-electron chi connectivity index (χ3n) is 2.21. The molecule has 0 fully saturated rings. The number of rotatable bonds is 5. The molecule has 1 aromatic carbocycles. The zero-order chi connectivity index (χ0) is 15.0. The molecule has 0 N–H and O–H groups in total. The number of nitriles is 1. The summed E-state index contributed by atoms with van der Waals surface area (Å²) in [6, 6.07) is 8.83. The fraction of sp³-hybridized carbons (Fsp3) is 0.250. The van der Waals surface area contributed by atoms with Crippen molar-refractivity contribution < 1.29 is 14.3 Å². The highest BCUT2D eigenvalue weighted by Gasteiger charge is 2.13. The zero-order valence-electron chi connectivity index (χ0n) is 11.4. The number of nitrogens with zero attached hydrogens (tertiary/aromatic N) is 1. The van der Waals surface area contributed by atoms with Crippen LogP contribution in [0.25, 0.3) is 6.08 Å². The number of hydrogen-bond acceptors (Lipinski definition) is 4. The largest absolute Gasteiger partial charge is 0.480 e. The molecule has 0 radical (unpaired) electrons. The van der Waals surface area contributed by atoms with Gasteiger partial charge in [-0.15, -0.1) is 6.42 Å². The van der Waals surface area contributed by atoms with E-state index in [0.717, 1.165) is 0 Å². The van der Waals surface area contributed by atoms with E-state index in [1.165, 1.54) is 6.08 Å².